The molecule has 24 heavy (non-hydrogen) atoms. The van der Waals surface area contributed by atoms with E-state index >= 15 is 0 Å². The number of carbonyl (C=O) groups excluding carboxylic acids is 1. The van der Waals surface area contributed by atoms with Crippen molar-refractivity contribution in [1.82, 2.24) is 0 Å². The van der Waals surface area contributed by atoms with Gasteiger partial charge in [-0.25, -0.2) is 0 Å². The van der Waals surface area contributed by atoms with Crippen LogP contribution in [0, 0.1) is 6.92 Å². The summed E-state index contributed by atoms with van der Waals surface area (Å²) < 4.78 is 5.76. The number of anilines is 2. The maximum atomic E-state index is 12.8. The van der Waals surface area contributed by atoms with Crippen LogP contribution in [0.3, 0.4) is 0 Å². The third-order valence-corrected chi connectivity index (χ3v) is 4.81. The summed E-state index contributed by atoms with van der Waals surface area (Å²) in [6.45, 7) is 5.33. The first-order valence-corrected chi connectivity index (χ1v) is 8.59. The third kappa shape index (κ3) is 2.73. The van der Waals surface area contributed by atoms with E-state index in [0.717, 1.165) is 49.8 Å². The molecule has 0 N–H and O–H groups in total. The van der Waals surface area contributed by atoms with Gasteiger partial charge in [0.15, 0.2) is 0 Å². The predicted molar refractivity (Wildman–Crippen MR) is 96.0 cm³/mol. The van der Waals surface area contributed by atoms with Gasteiger partial charge >= 0.3 is 0 Å². The SMILES string of the molecule is Cc1cccc(CCC(=O)N2CCN3CCOc4cccc2c43)c1. The number of nitrogens with zero attached hydrogens (tertiary/aromatic N) is 2. The molecule has 2 aliphatic heterocycles. The van der Waals surface area contributed by atoms with E-state index in [0.29, 0.717) is 6.42 Å². The van der Waals surface area contributed by atoms with Crippen LogP contribution in [0.5, 0.6) is 5.75 Å². The smallest absolute Gasteiger partial charge is 0.227 e. The fourth-order valence-electron chi connectivity index (χ4n) is 3.62. The zero-order valence-corrected chi connectivity index (χ0v) is 14.0. The van der Waals surface area contributed by atoms with E-state index in [1.54, 1.807) is 0 Å². The average molecular weight is 322 g/mol. The van der Waals surface area contributed by atoms with Crippen LogP contribution < -0.4 is 14.5 Å². The number of aryl methyl sites for hydroxylation is 2. The number of benzene rings is 2. The van der Waals surface area contributed by atoms with E-state index < -0.39 is 0 Å². The Labute approximate surface area is 142 Å². The highest BCUT2D eigenvalue weighted by atomic mass is 16.5. The van der Waals surface area contributed by atoms with Crippen LogP contribution >= 0.6 is 0 Å². The lowest BCUT2D eigenvalue weighted by Crippen LogP contribution is -2.47. The standard InChI is InChI=1S/C20H22N2O2/c1-15-4-2-5-16(14-15)8-9-19(23)22-11-10-21-12-13-24-18-7-3-6-17(22)20(18)21/h2-7,14H,8-13H2,1H3. The van der Waals surface area contributed by atoms with Gasteiger partial charge in [-0.15, -0.1) is 0 Å². The minimum Gasteiger partial charge on any atom is -0.489 e. The van der Waals surface area contributed by atoms with E-state index in [-0.39, 0.29) is 5.91 Å². The fourth-order valence-corrected chi connectivity index (χ4v) is 3.62. The van der Waals surface area contributed by atoms with Crippen molar-refractivity contribution < 1.29 is 9.53 Å². The molecule has 0 saturated heterocycles. The van der Waals surface area contributed by atoms with Crippen molar-refractivity contribution in [2.24, 2.45) is 0 Å². The summed E-state index contributed by atoms with van der Waals surface area (Å²) in [6.07, 6.45) is 1.32. The molecule has 2 aliphatic rings. The molecule has 0 atom stereocenters. The number of carbonyl (C=O) groups is 1. The van der Waals surface area contributed by atoms with Crippen molar-refractivity contribution in [3.63, 3.8) is 0 Å². The second kappa shape index (κ2) is 6.19. The number of para-hydroxylation sites is 1. The molecule has 0 aliphatic carbocycles. The maximum Gasteiger partial charge on any atom is 0.227 e. The quantitative estimate of drug-likeness (QED) is 0.870. The van der Waals surface area contributed by atoms with Crippen molar-refractivity contribution in [2.75, 3.05) is 36.0 Å². The molecule has 2 heterocycles. The van der Waals surface area contributed by atoms with Gasteiger partial charge in [0.25, 0.3) is 0 Å². The highest BCUT2D eigenvalue weighted by Gasteiger charge is 2.31. The van der Waals surface area contributed by atoms with E-state index in [1.807, 2.05) is 23.1 Å². The lowest BCUT2D eigenvalue weighted by molar-refractivity contribution is -0.118. The second-order valence-corrected chi connectivity index (χ2v) is 6.49. The van der Waals surface area contributed by atoms with Crippen LogP contribution in [0.1, 0.15) is 17.5 Å². The Morgan fingerprint density at radius 2 is 2.00 bits per heavy atom. The van der Waals surface area contributed by atoms with Crippen molar-refractivity contribution in [3.05, 3.63) is 53.6 Å². The van der Waals surface area contributed by atoms with Gasteiger partial charge in [0.05, 0.1) is 12.2 Å². The molecule has 4 nitrogen and oxygen atoms in total. The zero-order valence-electron chi connectivity index (χ0n) is 14.0. The molecular formula is C20H22N2O2. The minimum absolute atomic E-state index is 0.190. The van der Waals surface area contributed by atoms with E-state index in [9.17, 15) is 4.79 Å². The Morgan fingerprint density at radius 3 is 2.88 bits per heavy atom. The molecule has 2 aromatic rings. The summed E-state index contributed by atoms with van der Waals surface area (Å²) in [6, 6.07) is 14.4. The van der Waals surface area contributed by atoms with Gasteiger partial charge in [0.1, 0.15) is 18.0 Å². The molecule has 4 rings (SSSR count). The molecule has 0 unspecified atom stereocenters. The molecule has 0 saturated carbocycles. The summed E-state index contributed by atoms with van der Waals surface area (Å²) in [5.74, 6) is 1.09. The van der Waals surface area contributed by atoms with E-state index in [1.165, 1.54) is 11.1 Å². The molecule has 124 valence electrons. The van der Waals surface area contributed by atoms with Gasteiger partial charge in [-0.05, 0) is 31.0 Å². The number of ether oxygens (including phenoxy) is 1. The molecule has 0 fully saturated rings. The Kier molecular flexibility index (Phi) is 3.89. The Balaban J connectivity index is 1.53. The fraction of sp³-hybridized carbons (Fsp3) is 0.350. The van der Waals surface area contributed by atoms with Gasteiger partial charge in [0.2, 0.25) is 5.91 Å². The number of hydrogen-bond donors (Lipinski definition) is 0. The van der Waals surface area contributed by atoms with Crippen molar-refractivity contribution in [1.29, 1.82) is 0 Å². The van der Waals surface area contributed by atoms with Crippen LogP contribution in [0.25, 0.3) is 0 Å². The van der Waals surface area contributed by atoms with Gasteiger partial charge in [-0.1, -0.05) is 35.9 Å². The van der Waals surface area contributed by atoms with Crippen molar-refractivity contribution in [2.45, 2.75) is 19.8 Å². The van der Waals surface area contributed by atoms with Crippen LogP contribution in [-0.4, -0.2) is 32.1 Å². The molecule has 1 amide bonds. The molecule has 4 heteroatoms. The first kappa shape index (κ1) is 15.1. The first-order valence-electron chi connectivity index (χ1n) is 8.59. The third-order valence-electron chi connectivity index (χ3n) is 4.81. The summed E-state index contributed by atoms with van der Waals surface area (Å²) in [5.41, 5.74) is 4.54. The molecule has 0 aromatic heterocycles. The summed E-state index contributed by atoms with van der Waals surface area (Å²) in [5, 5.41) is 0. The first-order chi connectivity index (χ1) is 11.7. The Bertz CT molecular complexity index is 772. The normalized spacial score (nSPS) is 15.7. The topological polar surface area (TPSA) is 32.8 Å². The second-order valence-electron chi connectivity index (χ2n) is 6.49. The highest BCUT2D eigenvalue weighted by Crippen LogP contribution is 2.42. The average Bonchev–Trinajstić information content (AvgIpc) is 2.61. The maximum absolute atomic E-state index is 12.8. The van der Waals surface area contributed by atoms with Crippen LogP contribution in [0.15, 0.2) is 42.5 Å². The van der Waals surface area contributed by atoms with Crippen LogP contribution in [0.4, 0.5) is 11.4 Å². The molecule has 0 bridgehead atoms. The number of rotatable bonds is 3. The van der Waals surface area contributed by atoms with E-state index in [4.69, 9.17) is 4.74 Å². The zero-order chi connectivity index (χ0) is 16.5. The van der Waals surface area contributed by atoms with E-state index in [2.05, 4.69) is 36.1 Å². The number of hydrogen-bond acceptors (Lipinski definition) is 3. The summed E-state index contributed by atoms with van der Waals surface area (Å²) in [7, 11) is 0. The Morgan fingerprint density at radius 1 is 1.12 bits per heavy atom. The molecular weight excluding hydrogens is 300 g/mol. The van der Waals surface area contributed by atoms with Gasteiger partial charge < -0.3 is 14.5 Å². The van der Waals surface area contributed by atoms with Gasteiger partial charge in [-0.2, -0.15) is 0 Å². The monoisotopic (exact) mass is 322 g/mol. The molecule has 2 aromatic carbocycles. The lowest BCUT2D eigenvalue weighted by Gasteiger charge is -2.41. The summed E-state index contributed by atoms with van der Waals surface area (Å²) >= 11 is 0. The molecule has 0 radical (unpaired) electrons. The molecule has 0 spiro atoms. The van der Waals surface area contributed by atoms with Gasteiger partial charge in [0, 0.05) is 19.5 Å². The van der Waals surface area contributed by atoms with Crippen LogP contribution in [-0.2, 0) is 11.2 Å². The van der Waals surface area contributed by atoms with Crippen molar-refractivity contribution in [3.8, 4) is 5.75 Å². The summed E-state index contributed by atoms with van der Waals surface area (Å²) in [4.78, 5) is 17.1. The lowest BCUT2D eigenvalue weighted by atomic mass is 10.1. The largest absolute Gasteiger partial charge is 0.489 e. The highest BCUT2D eigenvalue weighted by molar-refractivity contribution is 5.99. The predicted octanol–water partition coefficient (Wildman–Crippen LogP) is 3.17. The van der Waals surface area contributed by atoms with Crippen molar-refractivity contribution >= 4 is 17.3 Å². The van der Waals surface area contributed by atoms with Crippen LogP contribution in [0.2, 0.25) is 0 Å². The number of amides is 1. The Hall–Kier alpha value is -2.49. The van der Waals surface area contributed by atoms with Gasteiger partial charge in [-0.3, -0.25) is 4.79 Å². The minimum atomic E-state index is 0.190.